The van der Waals surface area contributed by atoms with Crippen molar-refractivity contribution in [3.63, 3.8) is 0 Å². The monoisotopic (exact) mass is 352 g/mol. The van der Waals surface area contributed by atoms with Crippen LogP contribution in [0.4, 0.5) is 5.95 Å². The molecule has 1 aromatic carbocycles. The third kappa shape index (κ3) is 4.40. The summed E-state index contributed by atoms with van der Waals surface area (Å²) in [5, 5.41) is 3.37. The highest BCUT2D eigenvalue weighted by Crippen LogP contribution is 2.25. The molecule has 0 spiro atoms. The molecule has 0 fully saturated rings. The lowest BCUT2D eigenvalue weighted by molar-refractivity contribution is 0.188. The van der Waals surface area contributed by atoms with Crippen LogP contribution in [0.25, 0.3) is 11.3 Å². The van der Waals surface area contributed by atoms with Crippen LogP contribution in [0.1, 0.15) is 12.6 Å². The predicted molar refractivity (Wildman–Crippen MR) is 102 cm³/mol. The first-order chi connectivity index (χ1) is 12.8. The summed E-state index contributed by atoms with van der Waals surface area (Å²) in [5.74, 6) is 1.67. The molecule has 0 atom stereocenters. The lowest BCUT2D eigenvalue weighted by Gasteiger charge is -2.13. The number of ether oxygens (including phenoxy) is 2. The number of hydrogen-bond acceptors (Lipinski definition) is 5. The maximum absolute atomic E-state index is 5.52. The van der Waals surface area contributed by atoms with Crippen LogP contribution in [0.5, 0.6) is 5.75 Å². The Balaban J connectivity index is 1.81. The molecule has 2 aromatic heterocycles. The molecule has 0 saturated heterocycles. The number of rotatable bonds is 9. The summed E-state index contributed by atoms with van der Waals surface area (Å²) in [6.07, 6.45) is 3.67. The molecule has 6 nitrogen and oxygen atoms in total. The molecular weight excluding hydrogens is 328 g/mol. The number of hydrogen-bond donors (Lipinski definition) is 1. The first-order valence-corrected chi connectivity index (χ1v) is 8.73. The molecule has 2 heterocycles. The second kappa shape index (κ2) is 9.01. The van der Waals surface area contributed by atoms with Crippen LogP contribution < -0.4 is 10.1 Å². The van der Waals surface area contributed by atoms with Crippen LogP contribution in [-0.2, 0) is 17.8 Å². The van der Waals surface area contributed by atoms with Crippen LogP contribution in [0, 0.1) is 0 Å². The van der Waals surface area contributed by atoms with E-state index in [1.54, 1.807) is 13.3 Å². The SMILES string of the molecule is CCOc1ccc(-c2cnc(NCc3ccccn3)n2CCOC)cc1. The average Bonchev–Trinajstić information content (AvgIpc) is 3.09. The predicted octanol–water partition coefficient (Wildman–Crippen LogP) is 3.60. The smallest absolute Gasteiger partial charge is 0.203 e. The Morgan fingerprint density at radius 3 is 2.62 bits per heavy atom. The van der Waals surface area contributed by atoms with Gasteiger partial charge in [0.05, 0.1) is 37.3 Å². The maximum Gasteiger partial charge on any atom is 0.203 e. The summed E-state index contributed by atoms with van der Waals surface area (Å²) in [6.45, 7) is 4.58. The Morgan fingerprint density at radius 2 is 1.92 bits per heavy atom. The summed E-state index contributed by atoms with van der Waals surface area (Å²) >= 11 is 0. The van der Waals surface area contributed by atoms with Gasteiger partial charge in [-0.25, -0.2) is 4.98 Å². The molecular formula is C20H24N4O2. The first-order valence-electron chi connectivity index (χ1n) is 8.73. The fourth-order valence-electron chi connectivity index (χ4n) is 2.72. The molecule has 3 aromatic rings. The molecule has 0 aliphatic rings. The van der Waals surface area contributed by atoms with Gasteiger partial charge in [0.1, 0.15) is 5.75 Å². The zero-order valence-electron chi connectivity index (χ0n) is 15.2. The minimum absolute atomic E-state index is 0.610. The van der Waals surface area contributed by atoms with Crippen LogP contribution in [0.2, 0.25) is 0 Å². The highest BCUT2D eigenvalue weighted by atomic mass is 16.5. The Hall–Kier alpha value is -2.86. The molecule has 0 bridgehead atoms. The van der Waals surface area contributed by atoms with E-state index < -0.39 is 0 Å². The van der Waals surface area contributed by atoms with Crippen molar-refractivity contribution in [2.45, 2.75) is 20.0 Å². The van der Waals surface area contributed by atoms with E-state index >= 15 is 0 Å². The Kier molecular flexibility index (Phi) is 6.22. The van der Waals surface area contributed by atoms with Gasteiger partial charge in [-0.3, -0.25) is 4.98 Å². The van der Waals surface area contributed by atoms with Gasteiger partial charge in [-0.1, -0.05) is 6.07 Å². The van der Waals surface area contributed by atoms with Gasteiger partial charge in [-0.05, 0) is 43.3 Å². The zero-order chi connectivity index (χ0) is 18.2. The number of nitrogens with zero attached hydrogens (tertiary/aromatic N) is 3. The van der Waals surface area contributed by atoms with Crippen molar-refractivity contribution < 1.29 is 9.47 Å². The molecule has 0 radical (unpaired) electrons. The first kappa shape index (κ1) is 17.9. The van der Waals surface area contributed by atoms with E-state index in [-0.39, 0.29) is 0 Å². The maximum atomic E-state index is 5.52. The number of pyridine rings is 1. The fraction of sp³-hybridized carbons (Fsp3) is 0.300. The van der Waals surface area contributed by atoms with E-state index in [0.717, 1.165) is 28.6 Å². The standard InChI is InChI=1S/C20H24N4O2/c1-3-26-18-9-7-16(8-10-18)19-15-23-20(24(19)12-13-25-2)22-14-17-6-4-5-11-21-17/h4-11,15H,3,12-14H2,1-2H3,(H,22,23). The summed E-state index contributed by atoms with van der Waals surface area (Å²) < 4.78 is 12.9. The fourth-order valence-corrected chi connectivity index (χ4v) is 2.72. The van der Waals surface area contributed by atoms with E-state index in [0.29, 0.717) is 26.3 Å². The van der Waals surface area contributed by atoms with Gasteiger partial charge in [0.2, 0.25) is 5.95 Å². The van der Waals surface area contributed by atoms with Gasteiger partial charge in [-0.2, -0.15) is 0 Å². The van der Waals surface area contributed by atoms with E-state index in [4.69, 9.17) is 9.47 Å². The number of anilines is 1. The highest BCUT2D eigenvalue weighted by Gasteiger charge is 2.12. The molecule has 0 aliphatic heterocycles. The molecule has 1 N–H and O–H groups in total. The lowest BCUT2D eigenvalue weighted by atomic mass is 10.1. The van der Waals surface area contributed by atoms with Gasteiger partial charge in [-0.15, -0.1) is 0 Å². The lowest BCUT2D eigenvalue weighted by Crippen LogP contribution is -2.12. The number of aromatic nitrogens is 3. The normalized spacial score (nSPS) is 10.7. The second-order valence-corrected chi connectivity index (χ2v) is 5.74. The van der Waals surface area contributed by atoms with Crippen LogP contribution >= 0.6 is 0 Å². The van der Waals surface area contributed by atoms with Crippen molar-refractivity contribution in [1.29, 1.82) is 0 Å². The molecule has 0 amide bonds. The number of nitrogens with one attached hydrogen (secondary N) is 1. The topological polar surface area (TPSA) is 61.2 Å². The molecule has 0 aliphatic carbocycles. The van der Waals surface area contributed by atoms with Crippen LogP contribution in [0.15, 0.2) is 54.9 Å². The van der Waals surface area contributed by atoms with Crippen molar-refractivity contribution in [2.24, 2.45) is 0 Å². The van der Waals surface area contributed by atoms with Gasteiger partial charge in [0.25, 0.3) is 0 Å². The minimum Gasteiger partial charge on any atom is -0.494 e. The summed E-state index contributed by atoms with van der Waals surface area (Å²) in [6, 6.07) is 13.9. The third-order valence-corrected chi connectivity index (χ3v) is 3.99. The van der Waals surface area contributed by atoms with Crippen LogP contribution in [0.3, 0.4) is 0 Å². The van der Waals surface area contributed by atoms with Crippen molar-refractivity contribution in [1.82, 2.24) is 14.5 Å². The Labute approximate surface area is 153 Å². The number of methoxy groups -OCH3 is 1. The van der Waals surface area contributed by atoms with E-state index in [1.807, 2.05) is 55.6 Å². The number of benzene rings is 1. The highest BCUT2D eigenvalue weighted by molar-refractivity contribution is 5.62. The molecule has 26 heavy (non-hydrogen) atoms. The molecule has 0 unspecified atom stereocenters. The summed E-state index contributed by atoms with van der Waals surface area (Å²) in [5.41, 5.74) is 3.09. The Morgan fingerprint density at radius 1 is 1.08 bits per heavy atom. The van der Waals surface area contributed by atoms with E-state index in [2.05, 4.69) is 19.9 Å². The van der Waals surface area contributed by atoms with Gasteiger partial charge in [0, 0.05) is 25.4 Å². The summed E-state index contributed by atoms with van der Waals surface area (Å²) in [7, 11) is 1.70. The van der Waals surface area contributed by atoms with E-state index in [9.17, 15) is 0 Å². The third-order valence-electron chi connectivity index (χ3n) is 3.99. The second-order valence-electron chi connectivity index (χ2n) is 5.74. The van der Waals surface area contributed by atoms with Crippen molar-refractivity contribution in [3.8, 4) is 17.0 Å². The van der Waals surface area contributed by atoms with Crippen molar-refractivity contribution >= 4 is 5.95 Å². The largest absolute Gasteiger partial charge is 0.494 e. The van der Waals surface area contributed by atoms with Crippen LogP contribution in [-0.4, -0.2) is 34.9 Å². The van der Waals surface area contributed by atoms with Gasteiger partial charge >= 0.3 is 0 Å². The Bertz CT molecular complexity index is 800. The molecule has 6 heteroatoms. The minimum atomic E-state index is 0.610. The quantitative estimate of drug-likeness (QED) is 0.637. The van der Waals surface area contributed by atoms with Crippen molar-refractivity contribution in [2.75, 3.05) is 25.6 Å². The van der Waals surface area contributed by atoms with Gasteiger partial charge < -0.3 is 19.4 Å². The summed E-state index contributed by atoms with van der Waals surface area (Å²) in [4.78, 5) is 8.90. The molecule has 136 valence electrons. The average molecular weight is 352 g/mol. The van der Waals surface area contributed by atoms with E-state index in [1.165, 1.54) is 0 Å². The van der Waals surface area contributed by atoms with Crippen molar-refractivity contribution in [3.05, 3.63) is 60.6 Å². The zero-order valence-corrected chi connectivity index (χ0v) is 15.2. The number of imidazole rings is 1. The van der Waals surface area contributed by atoms with Gasteiger partial charge in [0.15, 0.2) is 0 Å². The molecule has 3 rings (SSSR count). The molecule has 0 saturated carbocycles.